The molecule has 0 N–H and O–H groups in total. The Morgan fingerprint density at radius 3 is 1.61 bits per heavy atom. The Morgan fingerprint density at radius 1 is 0.679 bits per heavy atom. The van der Waals surface area contributed by atoms with Gasteiger partial charge in [-0.05, 0) is 51.9 Å². The van der Waals surface area contributed by atoms with E-state index in [2.05, 4.69) is 27.4 Å². The van der Waals surface area contributed by atoms with E-state index in [0.717, 1.165) is 12.8 Å². The number of esters is 1. The summed E-state index contributed by atoms with van der Waals surface area (Å²) in [6.45, 7) is 18.3. The van der Waals surface area contributed by atoms with Crippen molar-refractivity contribution in [3.63, 3.8) is 0 Å². The van der Waals surface area contributed by atoms with Gasteiger partial charge in [-0.1, -0.05) is 65.9 Å². The summed E-state index contributed by atoms with van der Waals surface area (Å²) >= 11 is 0. The van der Waals surface area contributed by atoms with Gasteiger partial charge in [0.05, 0.1) is 32.8 Å². The average Bonchev–Trinajstić information content (AvgIpc) is 2.69. The Labute approximate surface area is 176 Å². The molecule has 0 aromatic rings. The average molecular weight is 397 g/mol. The lowest BCUT2D eigenvalue weighted by Crippen LogP contribution is -2.50. The number of hydrogen-bond donors (Lipinski definition) is 0. The highest BCUT2D eigenvalue weighted by Crippen LogP contribution is 2.18. The molecule has 0 heterocycles. The van der Waals surface area contributed by atoms with E-state index in [-0.39, 0.29) is 5.97 Å². The Bertz CT molecular complexity index is 384. The van der Waals surface area contributed by atoms with Gasteiger partial charge in [0.2, 0.25) is 0 Å². The number of rotatable bonds is 20. The minimum Gasteiger partial charge on any atom is -0.462 e. The van der Waals surface area contributed by atoms with Gasteiger partial charge in [0.25, 0.3) is 0 Å². The van der Waals surface area contributed by atoms with E-state index in [9.17, 15) is 4.79 Å². The van der Waals surface area contributed by atoms with Gasteiger partial charge in [0.15, 0.2) is 0 Å². The van der Waals surface area contributed by atoms with Crippen LogP contribution in [0.1, 0.15) is 111 Å². The molecule has 0 aliphatic carbocycles. The van der Waals surface area contributed by atoms with Crippen LogP contribution in [-0.2, 0) is 9.53 Å². The molecule has 0 unspecified atom stereocenters. The lowest BCUT2D eigenvalue weighted by atomic mass is 10.1. The SMILES string of the molecule is C=C(C)C(=O)OCCCCCCCC[N+](CCCC)(CCCC)CCCCC. The molecule has 0 aromatic carbocycles. The summed E-state index contributed by atoms with van der Waals surface area (Å²) in [6, 6.07) is 0. The maximum atomic E-state index is 11.3. The van der Waals surface area contributed by atoms with Crippen molar-refractivity contribution in [1.82, 2.24) is 0 Å². The molecule has 28 heavy (non-hydrogen) atoms. The molecule has 0 aliphatic rings. The molecule has 3 heteroatoms. The topological polar surface area (TPSA) is 26.3 Å². The number of unbranched alkanes of at least 4 members (excludes halogenated alkanes) is 9. The smallest absolute Gasteiger partial charge is 0.333 e. The maximum absolute atomic E-state index is 11.3. The van der Waals surface area contributed by atoms with Crippen LogP contribution in [0.4, 0.5) is 0 Å². The number of quaternary nitrogens is 1. The molecule has 0 fully saturated rings. The van der Waals surface area contributed by atoms with Gasteiger partial charge >= 0.3 is 5.97 Å². The number of ether oxygens (including phenoxy) is 1. The zero-order valence-electron chi connectivity index (χ0n) is 19.7. The molecule has 0 amide bonds. The van der Waals surface area contributed by atoms with Crippen LogP contribution in [0.2, 0.25) is 0 Å². The molecule has 0 rings (SSSR count). The van der Waals surface area contributed by atoms with Crippen molar-refractivity contribution in [2.75, 3.05) is 32.8 Å². The number of carbonyl (C=O) groups is 1. The largest absolute Gasteiger partial charge is 0.462 e. The summed E-state index contributed by atoms with van der Waals surface area (Å²) in [5.41, 5.74) is 0.492. The van der Waals surface area contributed by atoms with E-state index in [4.69, 9.17) is 4.74 Å². The highest BCUT2D eigenvalue weighted by atomic mass is 16.5. The molecule has 0 aliphatic heterocycles. The Kier molecular flexibility index (Phi) is 17.7. The van der Waals surface area contributed by atoms with Crippen LogP contribution in [0.3, 0.4) is 0 Å². The minimum absolute atomic E-state index is 0.253. The maximum Gasteiger partial charge on any atom is 0.333 e. The lowest BCUT2D eigenvalue weighted by molar-refractivity contribution is -0.929. The van der Waals surface area contributed by atoms with Crippen molar-refractivity contribution >= 4 is 5.97 Å². The van der Waals surface area contributed by atoms with E-state index in [1.165, 1.54) is 101 Å². The van der Waals surface area contributed by atoms with Gasteiger partial charge in [-0.3, -0.25) is 0 Å². The van der Waals surface area contributed by atoms with Crippen LogP contribution >= 0.6 is 0 Å². The van der Waals surface area contributed by atoms with Crippen molar-refractivity contribution in [2.45, 2.75) is 111 Å². The van der Waals surface area contributed by atoms with E-state index in [1.807, 2.05) is 0 Å². The number of hydrogen-bond acceptors (Lipinski definition) is 2. The zero-order chi connectivity index (χ0) is 21.1. The van der Waals surface area contributed by atoms with Crippen molar-refractivity contribution in [3.05, 3.63) is 12.2 Å². The first-order chi connectivity index (χ1) is 13.5. The predicted molar refractivity (Wildman–Crippen MR) is 123 cm³/mol. The number of carbonyl (C=O) groups excluding carboxylic acids is 1. The van der Waals surface area contributed by atoms with Crippen LogP contribution in [0, 0.1) is 0 Å². The van der Waals surface area contributed by atoms with E-state index < -0.39 is 0 Å². The minimum atomic E-state index is -0.253. The summed E-state index contributed by atoms with van der Waals surface area (Å²) in [6.07, 6.45) is 16.9. The Hall–Kier alpha value is -0.830. The molecule has 0 aromatic heterocycles. The molecular formula is C25H50NO2+. The fourth-order valence-electron chi connectivity index (χ4n) is 3.90. The van der Waals surface area contributed by atoms with E-state index in [1.54, 1.807) is 6.92 Å². The van der Waals surface area contributed by atoms with Crippen LogP contribution < -0.4 is 0 Å². The Balaban J connectivity index is 4.12. The monoisotopic (exact) mass is 396 g/mol. The fourth-order valence-corrected chi connectivity index (χ4v) is 3.90. The Morgan fingerprint density at radius 2 is 1.11 bits per heavy atom. The fraction of sp³-hybridized carbons (Fsp3) is 0.880. The second-order valence-electron chi connectivity index (χ2n) is 8.69. The van der Waals surface area contributed by atoms with Crippen molar-refractivity contribution in [1.29, 1.82) is 0 Å². The standard InChI is InChI=1S/C25H50NO2/c1-6-9-16-21-26(19-10-7-2,20-11-8-3)22-17-14-12-13-15-18-23-28-25(27)24(4)5/h4,6-23H2,1-3,5H3/q+1. The van der Waals surface area contributed by atoms with Crippen LogP contribution in [-0.4, -0.2) is 43.2 Å². The van der Waals surface area contributed by atoms with Gasteiger partial charge in [-0.2, -0.15) is 0 Å². The highest BCUT2D eigenvalue weighted by molar-refractivity contribution is 5.86. The quantitative estimate of drug-likeness (QED) is 0.0953. The van der Waals surface area contributed by atoms with Crippen LogP contribution in [0.15, 0.2) is 12.2 Å². The summed E-state index contributed by atoms with van der Waals surface area (Å²) in [4.78, 5) is 11.3. The molecule has 0 saturated heterocycles. The third kappa shape index (κ3) is 14.2. The molecule has 0 spiro atoms. The highest BCUT2D eigenvalue weighted by Gasteiger charge is 2.25. The van der Waals surface area contributed by atoms with Crippen LogP contribution in [0.5, 0.6) is 0 Å². The van der Waals surface area contributed by atoms with Gasteiger partial charge < -0.3 is 9.22 Å². The lowest BCUT2D eigenvalue weighted by Gasteiger charge is -2.39. The van der Waals surface area contributed by atoms with Crippen molar-refractivity contribution < 1.29 is 14.0 Å². The first-order valence-electron chi connectivity index (χ1n) is 12.2. The summed E-state index contributed by atoms with van der Waals surface area (Å²) in [5, 5.41) is 0. The van der Waals surface area contributed by atoms with Crippen molar-refractivity contribution in [2.24, 2.45) is 0 Å². The third-order valence-electron chi connectivity index (χ3n) is 5.82. The molecular weight excluding hydrogens is 346 g/mol. The second kappa shape index (κ2) is 18.2. The molecule has 0 radical (unpaired) electrons. The molecule has 166 valence electrons. The first-order valence-corrected chi connectivity index (χ1v) is 12.2. The molecule has 0 saturated carbocycles. The molecule has 3 nitrogen and oxygen atoms in total. The second-order valence-corrected chi connectivity index (χ2v) is 8.69. The summed E-state index contributed by atoms with van der Waals surface area (Å²) in [5.74, 6) is -0.253. The predicted octanol–water partition coefficient (Wildman–Crippen LogP) is 7.05. The van der Waals surface area contributed by atoms with Gasteiger partial charge in [0.1, 0.15) is 0 Å². The van der Waals surface area contributed by atoms with Gasteiger partial charge in [-0.15, -0.1) is 0 Å². The summed E-state index contributed by atoms with van der Waals surface area (Å²) < 4.78 is 6.53. The molecule has 0 atom stereocenters. The van der Waals surface area contributed by atoms with E-state index in [0.29, 0.717) is 12.2 Å². The zero-order valence-corrected chi connectivity index (χ0v) is 19.7. The third-order valence-corrected chi connectivity index (χ3v) is 5.82. The number of nitrogens with zero attached hydrogens (tertiary/aromatic N) is 1. The summed E-state index contributed by atoms with van der Waals surface area (Å²) in [7, 11) is 0. The molecule has 0 bridgehead atoms. The van der Waals surface area contributed by atoms with Gasteiger partial charge in [-0.25, -0.2) is 4.79 Å². The first kappa shape index (κ1) is 27.2. The van der Waals surface area contributed by atoms with Crippen LogP contribution in [0.25, 0.3) is 0 Å². The van der Waals surface area contributed by atoms with E-state index >= 15 is 0 Å². The van der Waals surface area contributed by atoms with Gasteiger partial charge in [0, 0.05) is 5.57 Å². The normalized spacial score (nSPS) is 11.6. The van der Waals surface area contributed by atoms with Crippen molar-refractivity contribution in [3.8, 4) is 0 Å².